The Bertz CT molecular complexity index is 426. The number of nitrogens with zero attached hydrogens (tertiary/aromatic N) is 1. The number of aromatic hydroxyl groups is 1. The van der Waals surface area contributed by atoms with Gasteiger partial charge in [-0.25, -0.2) is 8.78 Å². The van der Waals surface area contributed by atoms with Gasteiger partial charge in [-0.05, 0) is 13.0 Å². The molecule has 0 radical (unpaired) electrons. The summed E-state index contributed by atoms with van der Waals surface area (Å²) in [5.74, 6) is 0.106. The molecule has 0 aliphatic carbocycles. The zero-order valence-electron chi connectivity index (χ0n) is 11.5. The SMILES string of the molecule is Cc1ccc(O)c([C@@H](CC(F)F)N2CCNCC2)c1.Cl. The van der Waals surface area contributed by atoms with Gasteiger partial charge in [0.25, 0.3) is 0 Å². The monoisotopic (exact) mass is 306 g/mol. The first-order valence-corrected chi connectivity index (χ1v) is 6.60. The summed E-state index contributed by atoms with van der Waals surface area (Å²) in [6.45, 7) is 4.95. The second-order valence-corrected chi connectivity index (χ2v) is 4.99. The Morgan fingerprint density at radius 2 is 1.95 bits per heavy atom. The van der Waals surface area contributed by atoms with Crippen LogP contribution < -0.4 is 5.32 Å². The molecule has 1 fully saturated rings. The lowest BCUT2D eigenvalue weighted by Crippen LogP contribution is -2.45. The first kappa shape index (κ1) is 17.1. The lowest BCUT2D eigenvalue weighted by Gasteiger charge is -2.35. The summed E-state index contributed by atoms with van der Waals surface area (Å²) in [7, 11) is 0. The summed E-state index contributed by atoms with van der Waals surface area (Å²) in [5.41, 5.74) is 1.59. The van der Waals surface area contributed by atoms with Crippen LogP contribution >= 0.6 is 12.4 Å². The van der Waals surface area contributed by atoms with Gasteiger partial charge in [0, 0.05) is 44.2 Å². The summed E-state index contributed by atoms with van der Waals surface area (Å²) in [4.78, 5) is 2.02. The molecule has 2 N–H and O–H groups in total. The van der Waals surface area contributed by atoms with E-state index < -0.39 is 12.5 Å². The van der Waals surface area contributed by atoms with Crippen molar-refractivity contribution in [2.75, 3.05) is 26.2 Å². The Labute approximate surface area is 124 Å². The predicted octanol–water partition coefficient (Wildman–Crippen LogP) is 2.72. The van der Waals surface area contributed by atoms with Crippen LogP contribution in [0.5, 0.6) is 5.75 Å². The zero-order valence-corrected chi connectivity index (χ0v) is 12.3. The summed E-state index contributed by atoms with van der Waals surface area (Å²) >= 11 is 0. The first-order valence-electron chi connectivity index (χ1n) is 6.60. The minimum absolute atomic E-state index is 0. The Hall–Kier alpha value is -0.910. The smallest absolute Gasteiger partial charge is 0.240 e. The highest BCUT2D eigenvalue weighted by Gasteiger charge is 2.27. The first-order chi connectivity index (χ1) is 9.08. The molecule has 114 valence electrons. The molecule has 6 heteroatoms. The Kier molecular flexibility index (Phi) is 6.65. The summed E-state index contributed by atoms with van der Waals surface area (Å²) in [6.07, 6.45) is -2.61. The number of nitrogens with one attached hydrogen (secondary N) is 1. The highest BCUT2D eigenvalue weighted by Crippen LogP contribution is 2.33. The number of hydrogen-bond donors (Lipinski definition) is 2. The highest BCUT2D eigenvalue weighted by molar-refractivity contribution is 5.85. The maximum absolute atomic E-state index is 12.8. The number of halogens is 3. The molecule has 1 heterocycles. The van der Waals surface area contributed by atoms with Gasteiger partial charge in [-0.1, -0.05) is 17.7 Å². The van der Waals surface area contributed by atoms with Crippen LogP contribution in [0.4, 0.5) is 8.78 Å². The van der Waals surface area contributed by atoms with Crippen LogP contribution in [0.1, 0.15) is 23.6 Å². The van der Waals surface area contributed by atoms with Gasteiger partial charge in [-0.3, -0.25) is 4.90 Å². The van der Waals surface area contributed by atoms with Crippen molar-refractivity contribution in [1.82, 2.24) is 10.2 Å². The van der Waals surface area contributed by atoms with Crippen LogP contribution in [0.3, 0.4) is 0 Å². The van der Waals surface area contributed by atoms with E-state index in [0.717, 1.165) is 31.7 Å². The molecule has 0 aromatic heterocycles. The summed E-state index contributed by atoms with van der Waals surface area (Å²) in [5, 5.41) is 13.2. The third-order valence-corrected chi connectivity index (χ3v) is 3.54. The van der Waals surface area contributed by atoms with Crippen molar-refractivity contribution in [3.8, 4) is 5.75 Å². The molecule has 0 saturated carbocycles. The fourth-order valence-corrected chi connectivity index (χ4v) is 2.58. The molecular formula is C14H21ClF2N2O. The van der Waals surface area contributed by atoms with E-state index in [2.05, 4.69) is 5.32 Å². The van der Waals surface area contributed by atoms with E-state index in [1.807, 2.05) is 17.9 Å². The number of hydrogen-bond acceptors (Lipinski definition) is 3. The third-order valence-electron chi connectivity index (χ3n) is 3.54. The van der Waals surface area contributed by atoms with E-state index in [-0.39, 0.29) is 24.6 Å². The van der Waals surface area contributed by atoms with Crippen LogP contribution in [-0.4, -0.2) is 42.6 Å². The number of phenols is 1. The maximum atomic E-state index is 12.8. The van der Waals surface area contributed by atoms with E-state index in [4.69, 9.17) is 0 Å². The lowest BCUT2D eigenvalue weighted by molar-refractivity contribution is 0.0729. The number of alkyl halides is 2. The lowest BCUT2D eigenvalue weighted by atomic mass is 9.98. The summed E-state index contributed by atoms with van der Waals surface area (Å²) < 4.78 is 25.7. The molecule has 3 nitrogen and oxygen atoms in total. The van der Waals surface area contributed by atoms with E-state index in [0.29, 0.717) is 5.56 Å². The molecule has 0 unspecified atom stereocenters. The van der Waals surface area contributed by atoms with Crippen molar-refractivity contribution in [2.24, 2.45) is 0 Å². The fourth-order valence-electron chi connectivity index (χ4n) is 2.58. The van der Waals surface area contributed by atoms with Crippen molar-refractivity contribution in [2.45, 2.75) is 25.8 Å². The fraction of sp³-hybridized carbons (Fsp3) is 0.571. The van der Waals surface area contributed by atoms with Crippen LogP contribution in [0, 0.1) is 6.92 Å². The van der Waals surface area contributed by atoms with Crippen molar-refractivity contribution < 1.29 is 13.9 Å². The van der Waals surface area contributed by atoms with E-state index in [1.165, 1.54) is 0 Å². The Morgan fingerprint density at radius 1 is 1.30 bits per heavy atom. The van der Waals surface area contributed by atoms with Gasteiger partial charge >= 0.3 is 0 Å². The molecule has 1 aliphatic heterocycles. The van der Waals surface area contributed by atoms with Crippen LogP contribution in [0.2, 0.25) is 0 Å². The molecule has 1 aromatic rings. The Balaban J connectivity index is 0.00000200. The second kappa shape index (κ2) is 7.76. The molecule has 0 amide bonds. The minimum atomic E-state index is -2.38. The largest absolute Gasteiger partial charge is 0.508 e. The standard InChI is InChI=1S/C14H20F2N2O.ClH/c1-10-2-3-13(19)11(8-10)12(9-14(15)16)18-6-4-17-5-7-18;/h2-3,8,12,14,17,19H,4-7,9H2,1H3;1H/t12-;/m1./s1. The van der Waals surface area contributed by atoms with Crippen LogP contribution in [-0.2, 0) is 0 Å². The van der Waals surface area contributed by atoms with E-state index >= 15 is 0 Å². The zero-order chi connectivity index (χ0) is 13.8. The molecule has 1 saturated heterocycles. The van der Waals surface area contributed by atoms with Gasteiger partial charge in [0.1, 0.15) is 5.75 Å². The highest BCUT2D eigenvalue weighted by atomic mass is 35.5. The van der Waals surface area contributed by atoms with Gasteiger partial charge in [0.15, 0.2) is 0 Å². The molecule has 20 heavy (non-hydrogen) atoms. The molecule has 0 spiro atoms. The average Bonchev–Trinajstić information content (AvgIpc) is 2.40. The molecule has 1 atom stereocenters. The van der Waals surface area contributed by atoms with Crippen LogP contribution in [0.15, 0.2) is 18.2 Å². The topological polar surface area (TPSA) is 35.5 Å². The van der Waals surface area contributed by atoms with Crippen LogP contribution in [0.25, 0.3) is 0 Å². The third kappa shape index (κ3) is 4.30. The summed E-state index contributed by atoms with van der Waals surface area (Å²) in [6, 6.07) is 4.77. The van der Waals surface area contributed by atoms with Gasteiger partial charge < -0.3 is 10.4 Å². The van der Waals surface area contributed by atoms with Gasteiger partial charge in [-0.15, -0.1) is 12.4 Å². The maximum Gasteiger partial charge on any atom is 0.240 e. The molecule has 0 bridgehead atoms. The molecule has 1 aromatic carbocycles. The van der Waals surface area contributed by atoms with Crippen molar-refractivity contribution in [1.29, 1.82) is 0 Å². The van der Waals surface area contributed by atoms with Gasteiger partial charge in [0.2, 0.25) is 6.43 Å². The molecule has 2 rings (SSSR count). The molecular weight excluding hydrogens is 286 g/mol. The van der Waals surface area contributed by atoms with Gasteiger partial charge in [-0.2, -0.15) is 0 Å². The average molecular weight is 307 g/mol. The predicted molar refractivity (Wildman–Crippen MR) is 77.9 cm³/mol. The van der Waals surface area contributed by atoms with E-state index in [1.54, 1.807) is 12.1 Å². The minimum Gasteiger partial charge on any atom is -0.508 e. The quantitative estimate of drug-likeness (QED) is 0.898. The molecule has 1 aliphatic rings. The number of rotatable bonds is 4. The number of phenolic OH excluding ortho intramolecular Hbond substituents is 1. The number of benzene rings is 1. The van der Waals surface area contributed by atoms with Crippen molar-refractivity contribution in [3.63, 3.8) is 0 Å². The van der Waals surface area contributed by atoms with Crippen molar-refractivity contribution in [3.05, 3.63) is 29.3 Å². The normalized spacial score (nSPS) is 17.8. The number of aryl methyl sites for hydroxylation is 1. The van der Waals surface area contributed by atoms with Crippen molar-refractivity contribution >= 4 is 12.4 Å². The number of piperazine rings is 1. The Morgan fingerprint density at radius 3 is 2.55 bits per heavy atom. The van der Waals surface area contributed by atoms with E-state index in [9.17, 15) is 13.9 Å². The van der Waals surface area contributed by atoms with Gasteiger partial charge in [0.05, 0.1) is 0 Å². The second-order valence-electron chi connectivity index (χ2n) is 4.99.